The summed E-state index contributed by atoms with van der Waals surface area (Å²) in [6.45, 7) is -1.57. The second kappa shape index (κ2) is 17.1. The van der Waals surface area contributed by atoms with Gasteiger partial charge in [0.25, 0.3) is 5.91 Å². The van der Waals surface area contributed by atoms with Gasteiger partial charge in [0.2, 0.25) is 17.7 Å². The number of amides is 1. The third-order valence-corrected chi connectivity index (χ3v) is 9.97. The van der Waals surface area contributed by atoms with Crippen molar-refractivity contribution < 1.29 is 42.5 Å². The lowest BCUT2D eigenvalue weighted by Gasteiger charge is -2.33. The first-order chi connectivity index (χ1) is 26.3. The van der Waals surface area contributed by atoms with Crippen LogP contribution in [-0.2, 0) is 15.1 Å². The zero-order valence-corrected chi connectivity index (χ0v) is 30.5. The number of rotatable bonds is 16. The number of alkyl halides is 3. The van der Waals surface area contributed by atoms with E-state index >= 15 is 0 Å². The average Bonchev–Trinajstić information content (AvgIpc) is 3.92. The van der Waals surface area contributed by atoms with Crippen molar-refractivity contribution in [2.75, 3.05) is 23.8 Å². The Morgan fingerprint density at radius 1 is 0.945 bits per heavy atom. The van der Waals surface area contributed by atoms with E-state index in [1.54, 1.807) is 12.1 Å². The van der Waals surface area contributed by atoms with Crippen molar-refractivity contribution in [1.82, 2.24) is 30.9 Å². The number of carbonyl (C=O) groups is 3. The number of hydrogen-bond donors (Lipinski definition) is 7. The number of ketones is 1. The molecule has 2 aromatic carbocycles. The number of aliphatic carboxylic acids is 1. The lowest BCUT2D eigenvalue weighted by molar-refractivity contribution is -0.154. The summed E-state index contributed by atoms with van der Waals surface area (Å²) in [5.74, 6) is -2.58. The monoisotopic (exact) mass is 786 g/mol. The van der Waals surface area contributed by atoms with Gasteiger partial charge < -0.3 is 41.5 Å². The molecule has 1 heterocycles. The lowest BCUT2D eigenvalue weighted by Crippen LogP contribution is -2.51. The third-order valence-electron chi connectivity index (χ3n) is 9.72. The van der Waals surface area contributed by atoms with Crippen molar-refractivity contribution in [3.05, 3.63) is 76.1 Å². The number of aliphatic hydroxyl groups is 1. The Labute approximate surface area is 319 Å². The molecule has 3 aliphatic rings. The van der Waals surface area contributed by atoms with E-state index in [1.807, 2.05) is 12.1 Å². The van der Waals surface area contributed by atoms with Crippen LogP contribution in [0.1, 0.15) is 80.1 Å². The van der Waals surface area contributed by atoms with Crippen molar-refractivity contribution in [3.63, 3.8) is 0 Å². The van der Waals surface area contributed by atoms with Gasteiger partial charge in [0.15, 0.2) is 12.7 Å². The number of aromatic nitrogens is 3. The second-order valence-corrected chi connectivity index (χ2v) is 14.3. The maximum absolute atomic E-state index is 13.1. The van der Waals surface area contributed by atoms with Crippen LogP contribution in [-0.4, -0.2) is 80.3 Å². The molecule has 55 heavy (non-hydrogen) atoms. The van der Waals surface area contributed by atoms with Crippen LogP contribution in [0.15, 0.2) is 59.9 Å². The van der Waals surface area contributed by atoms with Gasteiger partial charge in [-0.25, -0.2) is 4.79 Å². The highest BCUT2D eigenvalue weighted by molar-refractivity contribution is 6.30. The number of hydrogen-bond acceptors (Lipinski definition) is 12. The molecule has 0 spiro atoms. The van der Waals surface area contributed by atoms with Gasteiger partial charge in [-0.15, -0.1) is 0 Å². The minimum atomic E-state index is -4.63. The number of carbonyl (C=O) groups excluding carboxylic acids is 2. The van der Waals surface area contributed by atoms with Gasteiger partial charge in [-0.1, -0.05) is 55.8 Å². The fourth-order valence-corrected chi connectivity index (χ4v) is 6.69. The molecule has 1 amide bonds. The van der Waals surface area contributed by atoms with Crippen molar-refractivity contribution >= 4 is 46.8 Å². The third kappa shape index (κ3) is 10.5. The zero-order valence-electron chi connectivity index (χ0n) is 29.7. The number of anilines is 3. The molecule has 18 heteroatoms. The Morgan fingerprint density at radius 3 is 2.24 bits per heavy atom. The first kappa shape index (κ1) is 39.5. The summed E-state index contributed by atoms with van der Waals surface area (Å²) in [5, 5.41) is 35.5. The van der Waals surface area contributed by atoms with E-state index in [0.717, 1.165) is 44.1 Å². The smallest absolute Gasteiger partial charge is 0.422 e. The van der Waals surface area contributed by atoms with Crippen molar-refractivity contribution in [2.45, 2.75) is 94.1 Å². The Balaban J connectivity index is 1.07. The summed E-state index contributed by atoms with van der Waals surface area (Å²) in [7, 11) is 0. The predicted octanol–water partition coefficient (Wildman–Crippen LogP) is 5.33. The van der Waals surface area contributed by atoms with Crippen molar-refractivity contribution in [3.8, 4) is 6.01 Å². The lowest BCUT2D eigenvalue weighted by atomic mass is 9.91. The van der Waals surface area contributed by atoms with Crippen LogP contribution in [0, 0.1) is 0 Å². The molecule has 7 N–H and O–H groups in total. The van der Waals surface area contributed by atoms with Crippen LogP contribution in [0.4, 0.5) is 30.8 Å². The topological polar surface area (TPSA) is 200 Å². The summed E-state index contributed by atoms with van der Waals surface area (Å²) in [5.41, 5.74) is 1.47. The van der Waals surface area contributed by atoms with Gasteiger partial charge in [0, 0.05) is 28.9 Å². The van der Waals surface area contributed by atoms with Crippen LogP contribution in [0.3, 0.4) is 0 Å². The van der Waals surface area contributed by atoms with Gasteiger partial charge in [0.05, 0.1) is 11.2 Å². The van der Waals surface area contributed by atoms with E-state index in [9.17, 15) is 37.8 Å². The molecule has 294 valence electrons. The molecular weight excluding hydrogens is 745 g/mol. The van der Waals surface area contributed by atoms with Crippen LogP contribution in [0.2, 0.25) is 5.02 Å². The van der Waals surface area contributed by atoms with Crippen molar-refractivity contribution in [1.29, 1.82) is 0 Å². The van der Waals surface area contributed by atoms with Gasteiger partial charge >= 0.3 is 18.2 Å². The molecule has 1 aromatic heterocycles. The molecule has 2 fully saturated rings. The molecule has 0 aliphatic heterocycles. The molecular formula is C37H42ClF3N8O6. The zero-order chi connectivity index (χ0) is 39.2. The van der Waals surface area contributed by atoms with E-state index in [1.165, 1.54) is 30.7 Å². The summed E-state index contributed by atoms with van der Waals surface area (Å²) in [4.78, 5) is 49.9. The highest BCUT2D eigenvalue weighted by atomic mass is 35.5. The summed E-state index contributed by atoms with van der Waals surface area (Å²) in [6.07, 6.45) is 2.99. The molecule has 6 rings (SSSR count). The number of ether oxygens (including phenoxy) is 1. The normalized spacial score (nSPS) is 18.9. The number of Topliss-reactive ketones (excluding diaryl/α,β-unsaturated/α-hetero) is 1. The first-order valence-corrected chi connectivity index (χ1v) is 18.5. The molecule has 3 aliphatic carbocycles. The fourth-order valence-electron chi connectivity index (χ4n) is 6.56. The number of carboxylic acid groups (broad SMARTS) is 1. The van der Waals surface area contributed by atoms with Crippen LogP contribution >= 0.6 is 11.6 Å². The number of benzene rings is 2. The van der Waals surface area contributed by atoms with Crippen LogP contribution in [0.25, 0.3) is 0 Å². The minimum Gasteiger partial charge on any atom is -0.480 e. The van der Waals surface area contributed by atoms with Crippen molar-refractivity contribution in [2.24, 2.45) is 0 Å². The molecule has 3 aromatic rings. The number of nitrogens with zero attached hydrogens (tertiary/aromatic N) is 3. The Hall–Kier alpha value is -5.16. The van der Waals surface area contributed by atoms with Gasteiger partial charge in [0.1, 0.15) is 11.7 Å². The van der Waals surface area contributed by atoms with Crippen LogP contribution in [0.5, 0.6) is 6.01 Å². The van der Waals surface area contributed by atoms with Crippen LogP contribution < -0.4 is 31.3 Å². The SMILES string of the molecule is O=C(N[C@@H](CCNC1=C(NC2CCCCCCC2)C(O)C1=O)C(=O)O)c1ccc(Nc2nc(NC3(c4ccc(Cl)cc4)CC3)nc(OCC(F)(F)F)n2)cc1. The fraction of sp³-hybridized carbons (Fsp3) is 0.459. The maximum atomic E-state index is 13.1. The van der Waals surface area contributed by atoms with Gasteiger partial charge in [-0.2, -0.15) is 28.1 Å². The molecule has 2 atom stereocenters. The standard InChI is InChI=1S/C37H42ClF3N8O6/c38-23-12-10-22(11-13-23)36(17-18-36)49-34-46-33(47-35(48-34)55-20-37(39,40)41)44-25-14-8-21(9-15-25)31(52)45-26(32(53)54)16-19-42-27-28(30(51)29(27)50)43-24-6-4-2-1-3-5-7-24/h8-15,24,26,30,42-43,51H,1-7,16-20H2,(H,45,52)(H,53,54)(H2,44,46,47,48,49)/t26-,30?/m0/s1. The predicted molar refractivity (Wildman–Crippen MR) is 196 cm³/mol. The number of carboxylic acids is 1. The first-order valence-electron chi connectivity index (χ1n) is 18.2. The minimum absolute atomic E-state index is 0.0241. The summed E-state index contributed by atoms with van der Waals surface area (Å²) in [6, 6.07) is 11.2. The summed E-state index contributed by atoms with van der Waals surface area (Å²) < 4.78 is 43.7. The number of nitrogens with one attached hydrogen (secondary N) is 5. The second-order valence-electron chi connectivity index (χ2n) is 13.9. The van der Waals surface area contributed by atoms with Gasteiger partial charge in [-0.05, 0) is 74.1 Å². The highest BCUT2D eigenvalue weighted by Gasteiger charge is 2.45. The van der Waals surface area contributed by atoms with E-state index in [2.05, 4.69) is 41.5 Å². The average molecular weight is 787 g/mol. The molecule has 1 unspecified atom stereocenters. The Kier molecular flexibility index (Phi) is 12.3. The molecule has 0 radical (unpaired) electrons. The summed E-state index contributed by atoms with van der Waals surface area (Å²) >= 11 is 6.03. The molecule has 2 saturated carbocycles. The molecule has 0 saturated heterocycles. The number of aliphatic hydroxyl groups excluding tert-OH is 1. The Bertz CT molecular complexity index is 1880. The highest BCUT2D eigenvalue weighted by Crippen LogP contribution is 2.48. The quantitative estimate of drug-likeness (QED) is 0.0984. The Morgan fingerprint density at radius 2 is 1.60 bits per heavy atom. The maximum Gasteiger partial charge on any atom is 0.422 e. The number of halogens is 4. The van der Waals surface area contributed by atoms with E-state index in [-0.39, 0.29) is 42.2 Å². The van der Waals surface area contributed by atoms with E-state index < -0.39 is 54.1 Å². The van der Waals surface area contributed by atoms with Gasteiger partial charge in [-0.3, -0.25) is 9.59 Å². The molecule has 0 bridgehead atoms. The van der Waals surface area contributed by atoms with E-state index in [4.69, 9.17) is 16.3 Å². The van der Waals surface area contributed by atoms with E-state index in [0.29, 0.717) is 29.2 Å². The molecule has 14 nitrogen and oxygen atoms in total. The largest absolute Gasteiger partial charge is 0.480 e.